The number of nitrogens with one attached hydrogen (secondary N) is 2. The van der Waals surface area contributed by atoms with E-state index in [1.807, 2.05) is 26.3 Å². The lowest BCUT2D eigenvalue weighted by molar-refractivity contribution is -0.147. The minimum absolute atomic E-state index is 0.0458. The van der Waals surface area contributed by atoms with Gasteiger partial charge in [-0.3, -0.25) is 14.8 Å². The zero-order chi connectivity index (χ0) is 38.2. The van der Waals surface area contributed by atoms with E-state index < -0.39 is 0 Å². The van der Waals surface area contributed by atoms with Crippen LogP contribution in [0.25, 0.3) is 20.4 Å². The number of benzene rings is 2. The summed E-state index contributed by atoms with van der Waals surface area (Å²) in [6.45, 7) is 6.10. The van der Waals surface area contributed by atoms with Crippen LogP contribution in [0.15, 0.2) is 59.0 Å². The van der Waals surface area contributed by atoms with Gasteiger partial charge in [-0.05, 0) is 135 Å². The molecule has 0 bridgehead atoms. The first-order valence-corrected chi connectivity index (χ1v) is 21.2. The zero-order valence-corrected chi connectivity index (χ0v) is 33.3. The first-order chi connectivity index (χ1) is 27.4. The molecule has 10 rings (SSSR count). The van der Waals surface area contributed by atoms with Gasteiger partial charge in [-0.2, -0.15) is 0 Å². The molecule has 2 aromatic carbocycles. The van der Waals surface area contributed by atoms with Crippen LogP contribution in [-0.4, -0.2) is 51.0 Å². The van der Waals surface area contributed by atoms with Gasteiger partial charge in [0, 0.05) is 40.0 Å². The Hall–Kier alpha value is -5.11. The minimum Gasteiger partial charge on any atom is -0.463 e. The minimum atomic E-state index is -0.0890. The molecule has 0 amide bonds. The second-order valence-electron chi connectivity index (χ2n) is 15.4. The summed E-state index contributed by atoms with van der Waals surface area (Å²) in [6, 6.07) is 12.7. The number of hydrogen-bond acceptors (Lipinski definition) is 13. The number of esters is 1. The molecule has 0 saturated heterocycles. The zero-order valence-electron chi connectivity index (χ0n) is 31.7. The second kappa shape index (κ2) is 15.8. The van der Waals surface area contributed by atoms with Crippen LogP contribution in [0, 0.1) is 11.8 Å². The van der Waals surface area contributed by atoms with Crippen LogP contribution in [0.1, 0.15) is 82.7 Å². The molecule has 0 saturated carbocycles. The number of aromatic nitrogens is 4. The Labute approximate surface area is 334 Å². The first-order valence-electron chi connectivity index (χ1n) is 19.6. The quantitative estimate of drug-likeness (QED) is 0.122. The van der Waals surface area contributed by atoms with E-state index in [0.717, 1.165) is 103 Å². The molecule has 4 N–H and O–H groups in total. The van der Waals surface area contributed by atoms with E-state index in [1.54, 1.807) is 35.3 Å². The molecule has 13 heteroatoms. The maximum atomic E-state index is 11.9. The molecule has 2 aliphatic carbocycles. The van der Waals surface area contributed by atoms with E-state index in [2.05, 4.69) is 77.0 Å². The van der Waals surface area contributed by atoms with Crippen LogP contribution in [0.5, 0.6) is 0 Å². The largest absolute Gasteiger partial charge is 0.463 e. The molecule has 0 fully saturated rings. The number of nitrogens with two attached hydrogens (primary N) is 1. The average molecular weight is 784 g/mol. The van der Waals surface area contributed by atoms with Crippen LogP contribution >= 0.6 is 22.7 Å². The third-order valence-electron chi connectivity index (χ3n) is 11.2. The van der Waals surface area contributed by atoms with Crippen molar-refractivity contribution in [3.63, 3.8) is 0 Å². The number of thiophene rings is 2. The van der Waals surface area contributed by atoms with Crippen LogP contribution in [-0.2, 0) is 48.3 Å². The lowest BCUT2D eigenvalue weighted by Crippen LogP contribution is -2.21. The highest BCUT2D eigenvalue weighted by atomic mass is 32.1. The van der Waals surface area contributed by atoms with Gasteiger partial charge in [0.15, 0.2) is 0 Å². The number of nitrogens with zero attached hydrogens (tertiary/aromatic N) is 6. The average Bonchev–Trinajstić information content (AvgIpc) is 4.01. The molecular formula is C43H45N9O2S2. The fourth-order valence-electron chi connectivity index (χ4n) is 8.27. The highest BCUT2D eigenvalue weighted by Crippen LogP contribution is 2.42. The van der Waals surface area contributed by atoms with Crippen molar-refractivity contribution in [3.8, 4) is 0 Å². The van der Waals surface area contributed by atoms with Gasteiger partial charge in [-0.1, -0.05) is 12.1 Å². The Morgan fingerprint density at radius 2 is 1.32 bits per heavy atom. The first kappa shape index (κ1) is 36.5. The van der Waals surface area contributed by atoms with Gasteiger partial charge in [-0.25, -0.2) is 19.9 Å². The van der Waals surface area contributed by atoms with Gasteiger partial charge < -0.3 is 21.1 Å². The fraction of sp³-hybridized carbons (Fsp3) is 0.372. The molecule has 56 heavy (non-hydrogen) atoms. The van der Waals surface area contributed by atoms with Gasteiger partial charge in [0.25, 0.3) is 0 Å². The van der Waals surface area contributed by atoms with Crippen molar-refractivity contribution in [1.82, 2.24) is 19.9 Å². The predicted molar refractivity (Wildman–Crippen MR) is 227 cm³/mol. The number of fused-ring (bicyclic) bond motifs is 8. The number of hydrogen-bond donors (Lipinski definition) is 3. The van der Waals surface area contributed by atoms with Crippen LogP contribution in [0.4, 0.5) is 23.0 Å². The normalized spacial score (nSPS) is 17.6. The van der Waals surface area contributed by atoms with Crippen molar-refractivity contribution < 1.29 is 9.53 Å². The third-order valence-corrected chi connectivity index (χ3v) is 13.5. The van der Waals surface area contributed by atoms with Gasteiger partial charge in [0.2, 0.25) is 0 Å². The van der Waals surface area contributed by atoms with Crippen molar-refractivity contribution >= 4 is 84.5 Å². The highest BCUT2D eigenvalue weighted by molar-refractivity contribution is 7.19. The molecule has 6 aromatic rings. The van der Waals surface area contributed by atoms with Crippen molar-refractivity contribution in [2.45, 2.75) is 84.4 Å². The molecule has 0 radical (unpaired) electrons. The number of aryl methyl sites for hydroxylation is 2. The summed E-state index contributed by atoms with van der Waals surface area (Å²) in [5.41, 5.74) is 15.6. The van der Waals surface area contributed by atoms with Crippen molar-refractivity contribution in [2.75, 3.05) is 17.2 Å². The molecule has 0 spiro atoms. The molecule has 4 aliphatic rings. The van der Waals surface area contributed by atoms with Crippen molar-refractivity contribution in [2.24, 2.45) is 27.6 Å². The Kier molecular flexibility index (Phi) is 10.3. The molecule has 2 aliphatic heterocycles. The Balaban J connectivity index is 0.000000149. The number of rotatable bonds is 9. The Morgan fingerprint density at radius 3 is 1.86 bits per heavy atom. The summed E-state index contributed by atoms with van der Waals surface area (Å²) in [6.07, 6.45) is 14.9. The van der Waals surface area contributed by atoms with Gasteiger partial charge in [0.1, 0.15) is 34.0 Å². The summed E-state index contributed by atoms with van der Waals surface area (Å²) >= 11 is 3.56. The molecule has 4 aromatic heterocycles. The standard InChI is InChI=1S/C24H26N4O2S.C19H19N5S/c1-14(2)30-21(29)8-4-15-3-7-19-20(9-15)31-24-22(19)23(26-13-27-24)28-18-6-5-16-11-25-12-17(16)10-18;20-7-11-1-4-15-16(5-11)25-19-17(15)18(22-10-23-19)24-14-3-2-12-8-21-9-13(12)6-14/h5-6,10,12-15H,3-4,7-9,11H2,1-2H3,(H,26,27,28);2-3,6,9-11H,1,4-5,7-8,20H2,(H,22,23,24). The van der Waals surface area contributed by atoms with E-state index in [0.29, 0.717) is 18.3 Å². The van der Waals surface area contributed by atoms with E-state index >= 15 is 0 Å². The van der Waals surface area contributed by atoms with E-state index in [-0.39, 0.29) is 12.1 Å². The maximum absolute atomic E-state index is 11.9. The topological polar surface area (TPSA) is 153 Å². The molecule has 6 heterocycles. The second-order valence-corrected chi connectivity index (χ2v) is 17.5. The summed E-state index contributed by atoms with van der Waals surface area (Å²) < 4.78 is 5.29. The summed E-state index contributed by atoms with van der Waals surface area (Å²) in [4.78, 5) is 43.7. The van der Waals surface area contributed by atoms with Crippen LogP contribution in [0.2, 0.25) is 0 Å². The van der Waals surface area contributed by atoms with E-state index in [9.17, 15) is 4.79 Å². The van der Waals surface area contributed by atoms with Gasteiger partial charge in [0.05, 0.1) is 30.0 Å². The molecule has 11 nitrogen and oxygen atoms in total. The molecule has 2 atom stereocenters. The Bertz CT molecular complexity index is 2500. The summed E-state index contributed by atoms with van der Waals surface area (Å²) in [7, 11) is 0. The van der Waals surface area contributed by atoms with E-state index in [1.165, 1.54) is 48.5 Å². The van der Waals surface area contributed by atoms with Crippen LogP contribution in [0.3, 0.4) is 0 Å². The smallest absolute Gasteiger partial charge is 0.306 e. The number of aliphatic imine (C=N–C) groups is 2. The summed E-state index contributed by atoms with van der Waals surface area (Å²) in [5.74, 6) is 2.80. The number of anilines is 4. The molecular weight excluding hydrogens is 739 g/mol. The monoisotopic (exact) mass is 783 g/mol. The predicted octanol–water partition coefficient (Wildman–Crippen LogP) is 8.64. The molecule has 286 valence electrons. The highest BCUT2D eigenvalue weighted by Gasteiger charge is 2.27. The maximum Gasteiger partial charge on any atom is 0.306 e. The van der Waals surface area contributed by atoms with Gasteiger partial charge >= 0.3 is 5.97 Å². The number of carbonyl (C=O) groups is 1. The number of ether oxygens (including phenoxy) is 1. The van der Waals surface area contributed by atoms with Crippen molar-refractivity contribution in [1.29, 1.82) is 0 Å². The summed E-state index contributed by atoms with van der Waals surface area (Å²) in [5, 5.41) is 9.36. The van der Waals surface area contributed by atoms with E-state index in [4.69, 9.17) is 10.5 Å². The lowest BCUT2D eigenvalue weighted by atomic mass is 9.85. The fourth-order valence-corrected chi connectivity index (χ4v) is 10.9. The Morgan fingerprint density at radius 1 is 0.786 bits per heavy atom. The third kappa shape index (κ3) is 7.55. The van der Waals surface area contributed by atoms with Crippen LogP contribution < -0.4 is 16.4 Å². The van der Waals surface area contributed by atoms with Crippen molar-refractivity contribution in [3.05, 3.63) is 92.2 Å². The lowest BCUT2D eigenvalue weighted by Gasteiger charge is -2.22. The number of carbonyl (C=O) groups excluding carboxylic acids is 1. The SMILES string of the molecule is CC(C)OC(=O)CCC1CCc2c(sc3ncnc(Nc4ccc5c(c4)C=NC5)c23)C1.NCC1CCc2c(sc3ncnc(Nc4ccc5c(c4)C=NC5)c23)C1. The molecule has 2 unspecified atom stereocenters. The van der Waals surface area contributed by atoms with Gasteiger partial charge in [-0.15, -0.1) is 22.7 Å².